The summed E-state index contributed by atoms with van der Waals surface area (Å²) in [6.45, 7) is 3.69. The maximum absolute atomic E-state index is 13.6. The first kappa shape index (κ1) is 20.7. The molecule has 0 aliphatic rings. The lowest BCUT2D eigenvalue weighted by Gasteiger charge is -2.22. The number of amides is 1. The molecule has 4 rings (SSSR count). The van der Waals surface area contributed by atoms with Gasteiger partial charge < -0.3 is 4.90 Å². The first-order valence-corrected chi connectivity index (χ1v) is 10.6. The fourth-order valence-electron chi connectivity index (χ4n) is 3.65. The molecule has 6 nitrogen and oxygen atoms in total. The topological polar surface area (TPSA) is 64.3 Å². The Bertz CT molecular complexity index is 1390. The van der Waals surface area contributed by atoms with Gasteiger partial charge >= 0.3 is 5.69 Å². The Morgan fingerprint density at radius 2 is 1.84 bits per heavy atom. The van der Waals surface area contributed by atoms with Gasteiger partial charge in [0, 0.05) is 12.2 Å². The molecule has 0 fully saturated rings. The summed E-state index contributed by atoms with van der Waals surface area (Å²) in [7, 11) is 0. The van der Waals surface area contributed by atoms with E-state index in [1.807, 2.05) is 37.3 Å². The number of hydrogen-bond acceptors (Lipinski definition) is 4. The molecule has 0 aliphatic heterocycles. The highest BCUT2D eigenvalue weighted by Gasteiger charge is 2.21. The summed E-state index contributed by atoms with van der Waals surface area (Å²) in [6, 6.07) is 14.7. The first-order chi connectivity index (χ1) is 14.9. The number of hydrogen-bond donors (Lipinski definition) is 0. The number of halogens is 1. The van der Waals surface area contributed by atoms with Crippen molar-refractivity contribution in [3.8, 4) is 5.69 Å². The number of benzene rings is 2. The molecule has 0 atom stereocenters. The molecule has 0 saturated heterocycles. The lowest BCUT2D eigenvalue weighted by molar-refractivity contribution is -0.119. The number of carbonyl (C=O) groups excluding carboxylic acids is 1. The average Bonchev–Trinajstić information content (AvgIpc) is 3.24. The van der Waals surface area contributed by atoms with Crippen molar-refractivity contribution in [1.82, 2.24) is 9.13 Å². The number of fused-ring (bicyclic) bond motifs is 1. The first-order valence-electron chi connectivity index (χ1n) is 9.77. The van der Waals surface area contributed by atoms with Crippen molar-refractivity contribution in [3.05, 3.63) is 92.2 Å². The van der Waals surface area contributed by atoms with Crippen molar-refractivity contribution in [3.63, 3.8) is 0 Å². The maximum atomic E-state index is 13.6. The number of likely N-dealkylation sites (N-methyl/N-ethyl adjacent to an activating group) is 1. The van der Waals surface area contributed by atoms with E-state index in [9.17, 15) is 18.8 Å². The van der Waals surface area contributed by atoms with Crippen molar-refractivity contribution < 1.29 is 9.18 Å². The molecule has 2 aromatic carbocycles. The van der Waals surface area contributed by atoms with Gasteiger partial charge in [0.25, 0.3) is 5.56 Å². The zero-order chi connectivity index (χ0) is 22.1. The summed E-state index contributed by atoms with van der Waals surface area (Å²) >= 11 is 1.20. The van der Waals surface area contributed by atoms with Crippen LogP contribution in [-0.4, -0.2) is 21.6 Å². The summed E-state index contributed by atoms with van der Waals surface area (Å²) in [6.07, 6.45) is 0. The van der Waals surface area contributed by atoms with Crippen molar-refractivity contribution in [1.29, 1.82) is 0 Å². The van der Waals surface area contributed by atoms with E-state index in [2.05, 4.69) is 0 Å². The van der Waals surface area contributed by atoms with Gasteiger partial charge in [-0.15, -0.1) is 11.3 Å². The summed E-state index contributed by atoms with van der Waals surface area (Å²) in [5, 5.41) is 1.71. The molecule has 0 aliphatic carbocycles. The maximum Gasteiger partial charge on any atom is 0.336 e. The lowest BCUT2D eigenvalue weighted by atomic mass is 10.2. The Balaban J connectivity index is 1.87. The number of para-hydroxylation sites is 1. The predicted molar refractivity (Wildman–Crippen MR) is 121 cm³/mol. The van der Waals surface area contributed by atoms with Crippen LogP contribution in [0.1, 0.15) is 12.5 Å². The summed E-state index contributed by atoms with van der Waals surface area (Å²) < 4.78 is 16.3. The van der Waals surface area contributed by atoms with Gasteiger partial charge in [-0.3, -0.25) is 14.2 Å². The minimum atomic E-state index is -0.636. The Morgan fingerprint density at radius 1 is 1.10 bits per heavy atom. The zero-order valence-corrected chi connectivity index (χ0v) is 17.9. The molecule has 0 radical (unpaired) electrons. The Hall–Kier alpha value is -3.52. The summed E-state index contributed by atoms with van der Waals surface area (Å²) in [4.78, 5) is 41.2. The van der Waals surface area contributed by atoms with E-state index in [0.29, 0.717) is 28.0 Å². The van der Waals surface area contributed by atoms with Crippen LogP contribution in [0.15, 0.2) is 69.6 Å². The van der Waals surface area contributed by atoms with E-state index in [1.165, 1.54) is 34.1 Å². The van der Waals surface area contributed by atoms with E-state index in [0.717, 1.165) is 10.3 Å². The molecule has 0 N–H and O–H groups in total. The fourth-order valence-corrected chi connectivity index (χ4v) is 4.48. The fraction of sp³-hybridized carbons (Fsp3) is 0.174. The largest absolute Gasteiger partial charge is 0.336 e. The standard InChI is InChI=1S/C23H20FN3O3S/c1-3-25(17-7-5-4-6-8-17)20(28)14-26-19-11-12-31-21(19)22(29)27(23(26)30)18-10-9-16(24)13-15(18)2/h4-13H,3,14H2,1-2H3. The molecule has 1 amide bonds. The molecular formula is C23H20FN3O3S. The lowest BCUT2D eigenvalue weighted by Crippen LogP contribution is -2.42. The smallest absolute Gasteiger partial charge is 0.311 e. The highest BCUT2D eigenvalue weighted by molar-refractivity contribution is 7.17. The van der Waals surface area contributed by atoms with Gasteiger partial charge in [-0.25, -0.2) is 13.8 Å². The van der Waals surface area contributed by atoms with Gasteiger partial charge in [-0.1, -0.05) is 18.2 Å². The highest BCUT2D eigenvalue weighted by atomic mass is 32.1. The van der Waals surface area contributed by atoms with Crippen LogP contribution in [0.2, 0.25) is 0 Å². The van der Waals surface area contributed by atoms with E-state index < -0.39 is 17.1 Å². The van der Waals surface area contributed by atoms with Crippen LogP contribution < -0.4 is 16.1 Å². The van der Waals surface area contributed by atoms with Gasteiger partial charge in [0.1, 0.15) is 17.1 Å². The molecular weight excluding hydrogens is 417 g/mol. The molecule has 158 valence electrons. The number of thiophene rings is 1. The Kier molecular flexibility index (Phi) is 5.56. The third kappa shape index (κ3) is 3.70. The van der Waals surface area contributed by atoms with Crippen molar-refractivity contribution in [2.75, 3.05) is 11.4 Å². The molecule has 0 unspecified atom stereocenters. The average molecular weight is 437 g/mol. The van der Waals surface area contributed by atoms with Crippen LogP contribution >= 0.6 is 11.3 Å². The van der Waals surface area contributed by atoms with Gasteiger partial charge in [0.2, 0.25) is 5.91 Å². The highest BCUT2D eigenvalue weighted by Crippen LogP contribution is 2.19. The predicted octanol–water partition coefficient (Wildman–Crippen LogP) is 3.71. The van der Waals surface area contributed by atoms with E-state index in [-0.39, 0.29) is 12.5 Å². The number of aryl methyl sites for hydroxylation is 1. The zero-order valence-electron chi connectivity index (χ0n) is 17.0. The van der Waals surface area contributed by atoms with Crippen molar-refractivity contribution in [2.24, 2.45) is 0 Å². The van der Waals surface area contributed by atoms with Crippen molar-refractivity contribution >= 4 is 33.1 Å². The van der Waals surface area contributed by atoms with E-state index >= 15 is 0 Å². The minimum absolute atomic E-state index is 0.227. The third-order valence-electron chi connectivity index (χ3n) is 5.13. The number of anilines is 1. The second kappa shape index (κ2) is 8.31. The molecule has 8 heteroatoms. The van der Waals surface area contributed by atoms with Crippen LogP contribution in [-0.2, 0) is 11.3 Å². The molecule has 0 saturated carbocycles. The van der Waals surface area contributed by atoms with Crippen LogP contribution in [0.4, 0.5) is 10.1 Å². The molecule has 4 aromatic rings. The van der Waals surface area contributed by atoms with E-state index in [4.69, 9.17) is 0 Å². The number of aromatic nitrogens is 2. The normalized spacial score (nSPS) is 11.1. The molecule has 2 heterocycles. The molecule has 0 spiro atoms. The second-order valence-corrected chi connectivity index (χ2v) is 7.96. The Morgan fingerprint density at radius 3 is 2.52 bits per heavy atom. The van der Waals surface area contributed by atoms with Crippen LogP contribution in [0, 0.1) is 12.7 Å². The Labute approximate surface area is 181 Å². The summed E-state index contributed by atoms with van der Waals surface area (Å²) in [5.41, 5.74) is 0.767. The minimum Gasteiger partial charge on any atom is -0.311 e. The molecule has 0 bridgehead atoms. The van der Waals surface area contributed by atoms with Crippen LogP contribution in [0.5, 0.6) is 0 Å². The monoisotopic (exact) mass is 437 g/mol. The van der Waals surface area contributed by atoms with Gasteiger partial charge in [-0.2, -0.15) is 0 Å². The van der Waals surface area contributed by atoms with Crippen LogP contribution in [0.3, 0.4) is 0 Å². The molecule has 31 heavy (non-hydrogen) atoms. The van der Waals surface area contributed by atoms with Gasteiger partial charge in [-0.05, 0) is 61.2 Å². The van der Waals surface area contributed by atoms with Crippen LogP contribution in [0.25, 0.3) is 15.9 Å². The SMILES string of the molecule is CCN(C(=O)Cn1c(=O)n(-c2ccc(F)cc2C)c(=O)c2sccc21)c1ccccc1. The third-order valence-corrected chi connectivity index (χ3v) is 6.02. The molecule has 2 aromatic heterocycles. The van der Waals surface area contributed by atoms with E-state index in [1.54, 1.807) is 23.3 Å². The van der Waals surface area contributed by atoms with Gasteiger partial charge in [0.15, 0.2) is 0 Å². The van der Waals surface area contributed by atoms with Crippen molar-refractivity contribution in [2.45, 2.75) is 20.4 Å². The summed E-state index contributed by atoms with van der Waals surface area (Å²) in [5.74, 6) is -0.729. The van der Waals surface area contributed by atoms with Gasteiger partial charge in [0.05, 0.1) is 11.2 Å². The quantitative estimate of drug-likeness (QED) is 0.478. The number of rotatable bonds is 5. The number of carbonyl (C=O) groups is 1. The number of nitrogens with zero attached hydrogens (tertiary/aromatic N) is 3. The second-order valence-electron chi connectivity index (χ2n) is 7.05.